The van der Waals surface area contributed by atoms with E-state index < -0.39 is 5.82 Å². The van der Waals surface area contributed by atoms with Crippen LogP contribution in [0, 0.1) is 5.82 Å². The van der Waals surface area contributed by atoms with Crippen LogP contribution in [0.2, 0.25) is 0 Å². The number of nitrogens with zero attached hydrogens (tertiary/aromatic N) is 2. The van der Waals surface area contributed by atoms with Crippen molar-refractivity contribution in [3.63, 3.8) is 0 Å². The van der Waals surface area contributed by atoms with Gasteiger partial charge in [-0.05, 0) is 29.6 Å². The Hall–Kier alpha value is -2.21. The van der Waals surface area contributed by atoms with Gasteiger partial charge in [0.1, 0.15) is 5.82 Å². The van der Waals surface area contributed by atoms with Gasteiger partial charge in [0.25, 0.3) is 5.89 Å². The number of anilines is 1. The smallest absolute Gasteiger partial charge is 0.261 e. The van der Waals surface area contributed by atoms with Gasteiger partial charge in [0.2, 0.25) is 5.82 Å². The highest BCUT2D eigenvalue weighted by Gasteiger charge is 2.14. The molecule has 0 unspecified atom stereocenters. The van der Waals surface area contributed by atoms with Gasteiger partial charge in [0, 0.05) is 16.6 Å². The zero-order valence-corrected chi connectivity index (χ0v) is 9.95. The lowest BCUT2D eigenvalue weighted by atomic mass is 10.2. The van der Waals surface area contributed by atoms with Gasteiger partial charge in [0.15, 0.2) is 0 Å². The van der Waals surface area contributed by atoms with Crippen molar-refractivity contribution in [2.24, 2.45) is 0 Å². The molecular formula is C12H8FN3OS. The van der Waals surface area contributed by atoms with Gasteiger partial charge in [-0.1, -0.05) is 5.16 Å². The molecule has 0 aliphatic rings. The maximum atomic E-state index is 13.6. The second kappa shape index (κ2) is 4.23. The lowest BCUT2D eigenvalue weighted by Crippen LogP contribution is -1.89. The van der Waals surface area contributed by atoms with E-state index in [2.05, 4.69) is 10.1 Å². The van der Waals surface area contributed by atoms with Crippen molar-refractivity contribution in [2.45, 2.75) is 0 Å². The first-order chi connectivity index (χ1) is 8.74. The number of halogens is 1. The van der Waals surface area contributed by atoms with E-state index in [0.717, 1.165) is 5.56 Å². The molecule has 90 valence electrons. The van der Waals surface area contributed by atoms with Crippen LogP contribution in [0.1, 0.15) is 0 Å². The zero-order valence-electron chi connectivity index (χ0n) is 9.13. The molecule has 3 rings (SSSR count). The molecule has 2 N–H and O–H groups in total. The normalized spacial score (nSPS) is 10.7. The Balaban J connectivity index is 2.05. The number of nitrogen functional groups attached to an aromatic ring is 1. The van der Waals surface area contributed by atoms with Crippen LogP contribution in [0.15, 0.2) is 39.5 Å². The van der Waals surface area contributed by atoms with Crippen molar-refractivity contribution < 1.29 is 8.91 Å². The number of rotatable bonds is 2. The molecule has 2 heterocycles. The Morgan fingerprint density at radius 2 is 2.17 bits per heavy atom. The van der Waals surface area contributed by atoms with Crippen LogP contribution in [0.4, 0.5) is 10.1 Å². The highest BCUT2D eigenvalue weighted by atomic mass is 32.1. The Morgan fingerprint density at radius 1 is 1.28 bits per heavy atom. The van der Waals surface area contributed by atoms with Crippen LogP contribution in [-0.4, -0.2) is 10.1 Å². The Labute approximate surface area is 106 Å². The summed E-state index contributed by atoms with van der Waals surface area (Å²) < 4.78 is 18.7. The van der Waals surface area contributed by atoms with E-state index in [9.17, 15) is 4.39 Å². The molecule has 6 heteroatoms. The molecule has 0 fully saturated rings. The topological polar surface area (TPSA) is 64.9 Å². The fourth-order valence-electron chi connectivity index (χ4n) is 1.55. The van der Waals surface area contributed by atoms with Crippen LogP contribution in [0.5, 0.6) is 0 Å². The summed E-state index contributed by atoms with van der Waals surface area (Å²) in [6.07, 6.45) is 0. The SMILES string of the molecule is Nc1ccc(F)c(-c2nc(-c3ccsc3)no2)c1. The largest absolute Gasteiger partial charge is 0.399 e. The number of hydrogen-bond donors (Lipinski definition) is 1. The van der Waals surface area contributed by atoms with Crippen LogP contribution in [0.25, 0.3) is 22.8 Å². The molecule has 1 aromatic carbocycles. The predicted molar refractivity (Wildman–Crippen MR) is 67.4 cm³/mol. The molecule has 0 saturated heterocycles. The molecule has 0 radical (unpaired) electrons. The van der Waals surface area contributed by atoms with E-state index in [1.807, 2.05) is 16.8 Å². The average molecular weight is 261 g/mol. The van der Waals surface area contributed by atoms with E-state index in [-0.39, 0.29) is 11.5 Å². The Morgan fingerprint density at radius 3 is 2.94 bits per heavy atom. The molecule has 0 amide bonds. The number of aromatic nitrogens is 2. The Kier molecular flexibility index (Phi) is 2.56. The molecule has 18 heavy (non-hydrogen) atoms. The first kappa shape index (κ1) is 10.9. The van der Waals surface area contributed by atoms with Crippen molar-refractivity contribution in [3.05, 3.63) is 40.8 Å². The number of thiophene rings is 1. The van der Waals surface area contributed by atoms with E-state index in [1.54, 1.807) is 0 Å². The van der Waals surface area contributed by atoms with Gasteiger partial charge in [-0.15, -0.1) is 0 Å². The van der Waals surface area contributed by atoms with Crippen LogP contribution in [-0.2, 0) is 0 Å². The lowest BCUT2D eigenvalue weighted by molar-refractivity contribution is 0.430. The molecule has 0 spiro atoms. The lowest BCUT2D eigenvalue weighted by Gasteiger charge is -1.98. The molecule has 0 atom stereocenters. The molecule has 0 aliphatic carbocycles. The van der Waals surface area contributed by atoms with E-state index in [4.69, 9.17) is 10.3 Å². The summed E-state index contributed by atoms with van der Waals surface area (Å²) in [5.74, 6) is 0.124. The molecule has 0 bridgehead atoms. The third-order valence-electron chi connectivity index (χ3n) is 2.43. The fourth-order valence-corrected chi connectivity index (χ4v) is 2.18. The minimum absolute atomic E-state index is 0.126. The highest BCUT2D eigenvalue weighted by molar-refractivity contribution is 7.08. The standard InChI is InChI=1S/C12H8FN3OS/c13-10-2-1-8(14)5-9(10)12-15-11(16-17-12)7-3-4-18-6-7/h1-6H,14H2. The van der Waals surface area contributed by atoms with Crippen LogP contribution >= 0.6 is 11.3 Å². The maximum Gasteiger partial charge on any atom is 0.261 e. The Bertz CT molecular complexity index is 678. The minimum Gasteiger partial charge on any atom is -0.399 e. The van der Waals surface area contributed by atoms with E-state index in [1.165, 1.54) is 29.5 Å². The van der Waals surface area contributed by atoms with Crippen molar-refractivity contribution >= 4 is 17.0 Å². The summed E-state index contributed by atoms with van der Waals surface area (Å²) in [5, 5.41) is 7.62. The monoisotopic (exact) mass is 261 g/mol. The highest BCUT2D eigenvalue weighted by Crippen LogP contribution is 2.26. The summed E-state index contributed by atoms with van der Waals surface area (Å²) in [7, 11) is 0. The van der Waals surface area contributed by atoms with Crippen LogP contribution < -0.4 is 5.73 Å². The summed E-state index contributed by atoms with van der Waals surface area (Å²) >= 11 is 1.53. The molecule has 3 aromatic rings. The third-order valence-corrected chi connectivity index (χ3v) is 3.11. The van der Waals surface area contributed by atoms with Gasteiger partial charge < -0.3 is 10.3 Å². The van der Waals surface area contributed by atoms with E-state index in [0.29, 0.717) is 11.5 Å². The molecule has 2 aromatic heterocycles. The van der Waals surface area contributed by atoms with Crippen molar-refractivity contribution in [1.29, 1.82) is 0 Å². The first-order valence-electron chi connectivity index (χ1n) is 5.16. The molecular weight excluding hydrogens is 253 g/mol. The predicted octanol–water partition coefficient (Wildman–Crippen LogP) is 3.19. The quantitative estimate of drug-likeness (QED) is 0.719. The second-order valence-electron chi connectivity index (χ2n) is 3.67. The number of nitrogens with two attached hydrogens (primary N) is 1. The van der Waals surface area contributed by atoms with Gasteiger partial charge >= 0.3 is 0 Å². The van der Waals surface area contributed by atoms with Gasteiger partial charge in [-0.25, -0.2) is 4.39 Å². The van der Waals surface area contributed by atoms with Gasteiger partial charge in [-0.2, -0.15) is 16.3 Å². The summed E-state index contributed by atoms with van der Waals surface area (Å²) in [4.78, 5) is 4.16. The minimum atomic E-state index is -0.440. The fraction of sp³-hybridized carbons (Fsp3) is 0. The summed E-state index contributed by atoms with van der Waals surface area (Å²) in [6, 6.07) is 6.10. The second-order valence-corrected chi connectivity index (χ2v) is 4.45. The third kappa shape index (κ3) is 1.86. The van der Waals surface area contributed by atoms with E-state index >= 15 is 0 Å². The molecule has 4 nitrogen and oxygen atoms in total. The first-order valence-corrected chi connectivity index (χ1v) is 6.10. The summed E-state index contributed by atoms with van der Waals surface area (Å²) in [6.45, 7) is 0. The van der Waals surface area contributed by atoms with Gasteiger partial charge in [-0.3, -0.25) is 0 Å². The zero-order chi connectivity index (χ0) is 12.5. The van der Waals surface area contributed by atoms with Crippen molar-refractivity contribution in [1.82, 2.24) is 10.1 Å². The van der Waals surface area contributed by atoms with Crippen molar-refractivity contribution in [3.8, 4) is 22.8 Å². The molecule has 0 saturated carbocycles. The molecule has 0 aliphatic heterocycles. The van der Waals surface area contributed by atoms with Crippen molar-refractivity contribution in [2.75, 3.05) is 5.73 Å². The average Bonchev–Trinajstić information content (AvgIpc) is 3.00. The maximum absolute atomic E-state index is 13.6. The van der Waals surface area contributed by atoms with Gasteiger partial charge in [0.05, 0.1) is 5.56 Å². The van der Waals surface area contributed by atoms with Crippen LogP contribution in [0.3, 0.4) is 0 Å². The number of benzene rings is 1. The summed E-state index contributed by atoms with van der Waals surface area (Å²) in [5.41, 5.74) is 7.12. The number of hydrogen-bond acceptors (Lipinski definition) is 5.